The van der Waals surface area contributed by atoms with E-state index in [0.29, 0.717) is 10.7 Å². The quantitative estimate of drug-likeness (QED) is 0.343. The van der Waals surface area contributed by atoms with Crippen LogP contribution in [0.4, 0.5) is 5.13 Å². The fourth-order valence-corrected chi connectivity index (χ4v) is 4.38. The lowest BCUT2D eigenvalue weighted by atomic mass is 9.85. The Hall–Kier alpha value is -3.25. The van der Waals surface area contributed by atoms with Crippen molar-refractivity contribution in [2.45, 2.75) is 39.2 Å². The van der Waals surface area contributed by atoms with Crippen molar-refractivity contribution in [3.63, 3.8) is 0 Å². The first-order valence-electron chi connectivity index (χ1n) is 10.1. The molecule has 5 nitrogen and oxygen atoms in total. The van der Waals surface area contributed by atoms with Gasteiger partial charge in [0.2, 0.25) is 0 Å². The third-order valence-corrected chi connectivity index (χ3v) is 6.26. The van der Waals surface area contributed by atoms with Crippen molar-refractivity contribution in [2.75, 3.05) is 4.90 Å². The van der Waals surface area contributed by atoms with Gasteiger partial charge in [0.25, 0.3) is 5.78 Å². The minimum atomic E-state index is -0.749. The number of aryl methyl sites for hydroxylation is 1. The largest absolute Gasteiger partial charge is 0.507 e. The van der Waals surface area contributed by atoms with E-state index < -0.39 is 17.7 Å². The fourth-order valence-electron chi connectivity index (χ4n) is 3.71. The molecule has 1 amide bonds. The maximum atomic E-state index is 13.1. The van der Waals surface area contributed by atoms with Gasteiger partial charge in [0.05, 0.1) is 11.6 Å². The number of nitrogens with zero attached hydrogens (tertiary/aromatic N) is 2. The molecule has 1 atom stereocenters. The average Bonchev–Trinajstić information content (AvgIpc) is 3.34. The molecule has 0 saturated carbocycles. The van der Waals surface area contributed by atoms with Gasteiger partial charge < -0.3 is 5.11 Å². The topological polar surface area (TPSA) is 70.5 Å². The zero-order chi connectivity index (χ0) is 22.3. The number of ketones is 1. The van der Waals surface area contributed by atoms with E-state index in [0.717, 1.165) is 16.7 Å². The van der Waals surface area contributed by atoms with Crippen molar-refractivity contribution in [1.29, 1.82) is 0 Å². The molecule has 2 heterocycles. The second kappa shape index (κ2) is 7.78. The number of benzene rings is 2. The normalized spacial score (nSPS) is 18.6. The van der Waals surface area contributed by atoms with Gasteiger partial charge in [-0.3, -0.25) is 14.5 Å². The number of amides is 1. The van der Waals surface area contributed by atoms with Gasteiger partial charge in [-0.25, -0.2) is 4.98 Å². The Morgan fingerprint density at radius 3 is 2.23 bits per heavy atom. The predicted octanol–water partition coefficient (Wildman–Crippen LogP) is 5.38. The number of aliphatic hydroxyl groups excluding tert-OH is 1. The maximum Gasteiger partial charge on any atom is 0.301 e. The van der Waals surface area contributed by atoms with E-state index in [1.54, 1.807) is 23.7 Å². The second-order valence-electron chi connectivity index (χ2n) is 8.72. The number of anilines is 1. The lowest BCUT2D eigenvalue weighted by Gasteiger charge is -2.24. The Labute approximate surface area is 185 Å². The number of carbonyl (C=O) groups is 2. The van der Waals surface area contributed by atoms with E-state index >= 15 is 0 Å². The van der Waals surface area contributed by atoms with Crippen LogP contribution in [-0.4, -0.2) is 21.8 Å². The minimum Gasteiger partial charge on any atom is -0.507 e. The summed E-state index contributed by atoms with van der Waals surface area (Å²) in [5, 5.41) is 13.3. The molecule has 1 N–H and O–H groups in total. The summed E-state index contributed by atoms with van der Waals surface area (Å²) >= 11 is 1.28. The molecule has 1 fully saturated rings. The van der Waals surface area contributed by atoms with Crippen molar-refractivity contribution in [3.8, 4) is 0 Å². The highest BCUT2D eigenvalue weighted by atomic mass is 32.1. The molecule has 31 heavy (non-hydrogen) atoms. The molecular formula is C25H24N2O3S. The molecule has 0 unspecified atom stereocenters. The summed E-state index contributed by atoms with van der Waals surface area (Å²) in [6.07, 6.45) is 1.60. The summed E-state index contributed by atoms with van der Waals surface area (Å²) in [4.78, 5) is 31.7. The number of carbonyl (C=O) groups excluding carboxylic acids is 2. The van der Waals surface area contributed by atoms with Crippen molar-refractivity contribution < 1.29 is 14.7 Å². The first-order chi connectivity index (χ1) is 14.7. The van der Waals surface area contributed by atoms with Crippen LogP contribution in [0.2, 0.25) is 0 Å². The monoisotopic (exact) mass is 432 g/mol. The smallest absolute Gasteiger partial charge is 0.301 e. The van der Waals surface area contributed by atoms with Crippen molar-refractivity contribution in [2.24, 2.45) is 0 Å². The number of hydrogen-bond donors (Lipinski definition) is 1. The van der Waals surface area contributed by atoms with Crippen LogP contribution in [0.1, 0.15) is 49.1 Å². The standard InChI is InChI=1S/C25H24N2O3S/c1-15-5-7-17(8-6-15)21(28)19-20(16-9-11-18(12-10-16)25(2,3)4)27(23(30)22(19)29)24-26-13-14-31-24/h5-14,20,28H,1-4H3/t20-/m1/s1. The molecule has 4 rings (SSSR count). The summed E-state index contributed by atoms with van der Waals surface area (Å²) < 4.78 is 0. The molecule has 0 spiro atoms. The van der Waals surface area contributed by atoms with E-state index in [-0.39, 0.29) is 16.7 Å². The number of Topliss-reactive ketones (excluding diaryl/α,β-unsaturated/α-hetero) is 1. The van der Waals surface area contributed by atoms with Crippen LogP contribution < -0.4 is 4.90 Å². The summed E-state index contributed by atoms with van der Waals surface area (Å²) in [7, 11) is 0. The first kappa shape index (κ1) is 21.0. The van der Waals surface area contributed by atoms with Crippen LogP contribution in [0.15, 0.2) is 65.7 Å². The Morgan fingerprint density at radius 1 is 1.03 bits per heavy atom. The number of hydrogen-bond acceptors (Lipinski definition) is 5. The maximum absolute atomic E-state index is 13.1. The third kappa shape index (κ3) is 3.79. The molecule has 158 valence electrons. The highest BCUT2D eigenvalue weighted by Gasteiger charge is 2.48. The molecule has 2 aromatic carbocycles. The Kier molecular flexibility index (Phi) is 5.27. The van der Waals surface area contributed by atoms with Gasteiger partial charge in [0.1, 0.15) is 5.76 Å². The Bertz CT molecular complexity index is 1150. The van der Waals surface area contributed by atoms with Crippen molar-refractivity contribution in [1.82, 2.24) is 4.98 Å². The Morgan fingerprint density at radius 2 is 1.68 bits per heavy atom. The van der Waals surface area contributed by atoms with Gasteiger partial charge >= 0.3 is 5.91 Å². The van der Waals surface area contributed by atoms with Gasteiger partial charge in [0, 0.05) is 17.1 Å². The lowest BCUT2D eigenvalue weighted by molar-refractivity contribution is -0.132. The molecule has 3 aromatic rings. The van der Waals surface area contributed by atoms with Crippen LogP contribution in [0, 0.1) is 6.92 Å². The number of aromatic nitrogens is 1. The van der Waals surface area contributed by atoms with Crippen LogP contribution >= 0.6 is 11.3 Å². The molecule has 1 saturated heterocycles. The number of aliphatic hydroxyl groups is 1. The summed E-state index contributed by atoms with van der Waals surface area (Å²) in [6.45, 7) is 8.32. The van der Waals surface area contributed by atoms with Gasteiger partial charge in [-0.15, -0.1) is 11.3 Å². The molecule has 1 aliphatic heterocycles. The summed E-state index contributed by atoms with van der Waals surface area (Å²) in [5.74, 6) is -1.58. The van der Waals surface area contributed by atoms with E-state index in [1.807, 2.05) is 43.3 Å². The number of thiazole rings is 1. The lowest BCUT2D eigenvalue weighted by Crippen LogP contribution is -2.29. The average molecular weight is 433 g/mol. The second-order valence-corrected chi connectivity index (χ2v) is 9.59. The molecule has 0 aliphatic carbocycles. The van der Waals surface area contributed by atoms with E-state index in [2.05, 4.69) is 25.8 Å². The van der Waals surface area contributed by atoms with Crippen LogP contribution in [-0.2, 0) is 15.0 Å². The predicted molar refractivity (Wildman–Crippen MR) is 123 cm³/mol. The van der Waals surface area contributed by atoms with E-state index in [9.17, 15) is 14.7 Å². The molecule has 0 bridgehead atoms. The van der Waals surface area contributed by atoms with Gasteiger partial charge in [-0.05, 0) is 23.5 Å². The molecule has 0 radical (unpaired) electrons. The third-order valence-electron chi connectivity index (χ3n) is 5.49. The van der Waals surface area contributed by atoms with Crippen molar-refractivity contribution in [3.05, 3.63) is 87.9 Å². The SMILES string of the molecule is Cc1ccc(C(O)=C2C(=O)C(=O)N(c3nccs3)[C@@H]2c2ccc(C(C)(C)C)cc2)cc1. The molecule has 1 aromatic heterocycles. The van der Waals surface area contributed by atoms with E-state index in [1.165, 1.54) is 16.2 Å². The number of rotatable bonds is 3. The van der Waals surface area contributed by atoms with Crippen LogP contribution in [0.3, 0.4) is 0 Å². The fraction of sp³-hybridized carbons (Fsp3) is 0.240. The summed E-state index contributed by atoms with van der Waals surface area (Å²) in [6, 6.07) is 14.3. The molecule has 1 aliphatic rings. The van der Waals surface area contributed by atoms with Crippen LogP contribution in [0.25, 0.3) is 5.76 Å². The van der Waals surface area contributed by atoms with Crippen LogP contribution in [0.5, 0.6) is 0 Å². The van der Waals surface area contributed by atoms with Gasteiger partial charge in [-0.2, -0.15) is 0 Å². The summed E-state index contributed by atoms with van der Waals surface area (Å²) in [5.41, 5.74) is 3.47. The zero-order valence-corrected chi connectivity index (χ0v) is 18.7. The van der Waals surface area contributed by atoms with Crippen molar-refractivity contribution >= 4 is 33.9 Å². The molecule has 6 heteroatoms. The highest BCUT2D eigenvalue weighted by molar-refractivity contribution is 7.14. The Balaban J connectivity index is 1.90. The van der Waals surface area contributed by atoms with E-state index in [4.69, 9.17) is 0 Å². The molecular weight excluding hydrogens is 408 g/mol. The zero-order valence-electron chi connectivity index (χ0n) is 17.9. The van der Waals surface area contributed by atoms with Gasteiger partial charge in [0.15, 0.2) is 5.13 Å². The first-order valence-corrected chi connectivity index (χ1v) is 10.9. The minimum absolute atomic E-state index is 0.0302. The highest BCUT2D eigenvalue weighted by Crippen LogP contribution is 2.43. The van der Waals surface area contributed by atoms with Gasteiger partial charge in [-0.1, -0.05) is 74.9 Å².